The number of alkyl carbamates (subject to hydrolysis) is 1. The first-order valence-electron chi connectivity index (χ1n) is 16.6. The van der Waals surface area contributed by atoms with E-state index in [0.29, 0.717) is 34.6 Å². The number of aryl methyl sites for hydroxylation is 1. The fraction of sp³-hybridized carbons (Fsp3) is 0.300. The molecule has 0 saturated carbocycles. The number of rotatable bonds is 11. The van der Waals surface area contributed by atoms with Gasteiger partial charge in [-0.2, -0.15) is 0 Å². The number of carbonyl (C=O) groups is 3. The lowest BCUT2D eigenvalue weighted by Crippen LogP contribution is -2.42. The quantitative estimate of drug-likeness (QED) is 0.147. The molecular weight excluding hydrogens is 616 g/mol. The van der Waals surface area contributed by atoms with Crippen LogP contribution in [0.2, 0.25) is 0 Å². The monoisotopic (exact) mass is 660 g/mol. The number of benzene rings is 4. The number of carboxylic acids is 1. The van der Waals surface area contributed by atoms with E-state index in [-0.39, 0.29) is 11.9 Å². The van der Waals surface area contributed by atoms with E-state index < -0.39 is 29.7 Å². The number of para-hydroxylation sites is 1. The van der Waals surface area contributed by atoms with Gasteiger partial charge in [0.05, 0.1) is 23.5 Å². The van der Waals surface area contributed by atoms with Crippen LogP contribution in [0.4, 0.5) is 10.5 Å². The summed E-state index contributed by atoms with van der Waals surface area (Å²) in [4.78, 5) is 47.2. The summed E-state index contributed by atoms with van der Waals surface area (Å²) in [5, 5.41) is 16.6. The Labute approximate surface area is 288 Å². The SMILES string of the molecule is Cc1cccc([C@H](NC(=O)OC(C)(C)C)[C@@H](N=C(c2ccccc2)c2ccccc2NC(=O)[C@H]2CCCN2Cc2ccccc2)C(=O)O)c1. The normalized spacial score (nSPS) is 16.4. The first-order chi connectivity index (χ1) is 23.5. The van der Waals surface area contributed by atoms with E-state index in [1.54, 1.807) is 32.9 Å². The average molecular weight is 661 g/mol. The van der Waals surface area contributed by atoms with Crippen molar-refractivity contribution in [2.75, 3.05) is 11.9 Å². The van der Waals surface area contributed by atoms with Crippen LogP contribution < -0.4 is 10.6 Å². The summed E-state index contributed by atoms with van der Waals surface area (Å²) >= 11 is 0. The van der Waals surface area contributed by atoms with Crippen molar-refractivity contribution in [1.82, 2.24) is 10.2 Å². The maximum atomic E-state index is 13.9. The van der Waals surface area contributed by atoms with Gasteiger partial charge in [0.1, 0.15) is 5.60 Å². The Morgan fingerprint density at radius 2 is 1.59 bits per heavy atom. The zero-order chi connectivity index (χ0) is 35.0. The summed E-state index contributed by atoms with van der Waals surface area (Å²) in [6.45, 7) is 8.61. The van der Waals surface area contributed by atoms with Crippen molar-refractivity contribution in [3.05, 3.63) is 137 Å². The van der Waals surface area contributed by atoms with Crippen LogP contribution >= 0.6 is 0 Å². The van der Waals surface area contributed by atoms with Crippen LogP contribution in [0.15, 0.2) is 114 Å². The highest BCUT2D eigenvalue weighted by Crippen LogP contribution is 2.28. The summed E-state index contributed by atoms with van der Waals surface area (Å²) in [5.41, 5.74) is 3.89. The van der Waals surface area contributed by atoms with Gasteiger partial charge in [0.2, 0.25) is 5.91 Å². The number of nitrogens with zero attached hydrogens (tertiary/aromatic N) is 2. The van der Waals surface area contributed by atoms with Crippen LogP contribution in [0.25, 0.3) is 0 Å². The number of anilines is 1. The third-order valence-electron chi connectivity index (χ3n) is 8.29. The molecule has 3 atom stereocenters. The van der Waals surface area contributed by atoms with E-state index in [0.717, 1.165) is 30.5 Å². The van der Waals surface area contributed by atoms with Gasteiger partial charge in [-0.15, -0.1) is 0 Å². The molecule has 0 spiro atoms. The molecule has 0 aromatic heterocycles. The number of nitrogens with one attached hydrogen (secondary N) is 2. The van der Waals surface area contributed by atoms with Crippen molar-refractivity contribution in [3.8, 4) is 0 Å². The van der Waals surface area contributed by atoms with E-state index in [1.165, 1.54) is 0 Å². The molecule has 1 fully saturated rings. The van der Waals surface area contributed by atoms with Gasteiger partial charge < -0.3 is 20.5 Å². The molecule has 1 aliphatic heterocycles. The van der Waals surface area contributed by atoms with Crippen molar-refractivity contribution in [3.63, 3.8) is 0 Å². The van der Waals surface area contributed by atoms with Crippen molar-refractivity contribution < 1.29 is 24.2 Å². The van der Waals surface area contributed by atoms with Gasteiger partial charge >= 0.3 is 12.1 Å². The van der Waals surface area contributed by atoms with Crippen LogP contribution in [-0.2, 0) is 20.9 Å². The third-order valence-corrected chi connectivity index (χ3v) is 8.29. The van der Waals surface area contributed by atoms with Crippen LogP contribution in [-0.4, -0.2) is 57.9 Å². The molecule has 49 heavy (non-hydrogen) atoms. The molecule has 9 heteroatoms. The summed E-state index contributed by atoms with van der Waals surface area (Å²) in [6.07, 6.45) is 0.885. The molecule has 0 bridgehead atoms. The number of hydrogen-bond donors (Lipinski definition) is 3. The second kappa shape index (κ2) is 15.7. The standard InChI is InChI=1S/C40H44N4O5/c1-27-15-13-20-30(25-27)35(43-39(48)49-40(2,3)4)36(38(46)47)42-34(29-18-9-6-10-19-29)31-21-11-12-22-32(31)41-37(45)33-23-14-24-44(33)26-28-16-7-5-8-17-28/h5-13,15-22,25,33,35-36H,14,23-24,26H2,1-4H3,(H,41,45)(H,43,48)(H,46,47)/t33-,35+,36-/m1/s1. The highest BCUT2D eigenvalue weighted by Gasteiger charge is 2.34. The molecule has 0 aliphatic carbocycles. The largest absolute Gasteiger partial charge is 0.480 e. The lowest BCUT2D eigenvalue weighted by molar-refractivity contribution is -0.139. The Kier molecular flexibility index (Phi) is 11.3. The van der Waals surface area contributed by atoms with Gasteiger partial charge in [0, 0.05) is 17.7 Å². The molecule has 1 saturated heterocycles. The average Bonchev–Trinajstić information content (AvgIpc) is 3.53. The van der Waals surface area contributed by atoms with Gasteiger partial charge in [-0.25, -0.2) is 9.59 Å². The first kappa shape index (κ1) is 35.0. The van der Waals surface area contributed by atoms with Crippen molar-refractivity contribution in [2.45, 2.75) is 70.8 Å². The zero-order valence-corrected chi connectivity index (χ0v) is 28.4. The number of carboxylic acid groups (broad SMARTS) is 1. The number of amides is 2. The molecule has 9 nitrogen and oxygen atoms in total. The van der Waals surface area contributed by atoms with Gasteiger partial charge in [-0.05, 0) is 64.3 Å². The van der Waals surface area contributed by atoms with Gasteiger partial charge in [-0.3, -0.25) is 14.7 Å². The predicted octanol–water partition coefficient (Wildman–Crippen LogP) is 7.15. The Balaban J connectivity index is 1.54. The van der Waals surface area contributed by atoms with E-state index in [9.17, 15) is 19.5 Å². The third kappa shape index (κ3) is 9.42. The van der Waals surface area contributed by atoms with Gasteiger partial charge in [-0.1, -0.05) is 109 Å². The van der Waals surface area contributed by atoms with E-state index in [1.807, 2.05) is 91.9 Å². The van der Waals surface area contributed by atoms with Crippen LogP contribution in [0.5, 0.6) is 0 Å². The summed E-state index contributed by atoms with van der Waals surface area (Å²) in [6, 6.07) is 31.1. The number of carbonyl (C=O) groups excluding carboxylic acids is 2. The second-order valence-electron chi connectivity index (χ2n) is 13.3. The van der Waals surface area contributed by atoms with Crippen LogP contribution in [0.1, 0.15) is 67.5 Å². The van der Waals surface area contributed by atoms with E-state index in [4.69, 9.17) is 9.73 Å². The molecule has 1 heterocycles. The molecule has 0 radical (unpaired) electrons. The Hall–Kier alpha value is -5.28. The van der Waals surface area contributed by atoms with Crippen molar-refractivity contribution in [1.29, 1.82) is 0 Å². The topological polar surface area (TPSA) is 120 Å². The van der Waals surface area contributed by atoms with Gasteiger partial charge in [0.15, 0.2) is 6.04 Å². The fourth-order valence-electron chi connectivity index (χ4n) is 6.09. The molecule has 4 aromatic rings. The van der Waals surface area contributed by atoms with Crippen LogP contribution in [0, 0.1) is 6.92 Å². The molecular formula is C40H44N4O5. The smallest absolute Gasteiger partial charge is 0.408 e. The summed E-state index contributed by atoms with van der Waals surface area (Å²) < 4.78 is 5.54. The maximum Gasteiger partial charge on any atom is 0.408 e. The first-order valence-corrected chi connectivity index (χ1v) is 16.6. The Morgan fingerprint density at radius 1 is 0.918 bits per heavy atom. The number of likely N-dealkylation sites (tertiary alicyclic amines) is 1. The molecule has 1 aliphatic rings. The second-order valence-corrected chi connectivity index (χ2v) is 13.3. The minimum Gasteiger partial charge on any atom is -0.480 e. The Morgan fingerprint density at radius 3 is 2.27 bits per heavy atom. The molecule has 2 amide bonds. The number of aliphatic imine (C=N–C) groups is 1. The highest BCUT2D eigenvalue weighted by molar-refractivity contribution is 6.17. The van der Waals surface area contributed by atoms with Gasteiger partial charge in [0.25, 0.3) is 0 Å². The predicted molar refractivity (Wildman–Crippen MR) is 192 cm³/mol. The fourth-order valence-corrected chi connectivity index (χ4v) is 6.09. The molecule has 254 valence electrons. The summed E-state index contributed by atoms with van der Waals surface area (Å²) in [7, 11) is 0. The number of aliphatic carboxylic acids is 1. The minimum atomic E-state index is -1.45. The molecule has 4 aromatic carbocycles. The van der Waals surface area contributed by atoms with Crippen molar-refractivity contribution in [2.24, 2.45) is 4.99 Å². The molecule has 3 N–H and O–H groups in total. The number of ether oxygens (including phenoxy) is 1. The molecule has 5 rings (SSSR count). The maximum absolute atomic E-state index is 13.9. The highest BCUT2D eigenvalue weighted by atomic mass is 16.6. The number of hydrogen-bond acceptors (Lipinski definition) is 6. The summed E-state index contributed by atoms with van der Waals surface area (Å²) in [5.74, 6) is -1.37. The van der Waals surface area contributed by atoms with E-state index in [2.05, 4.69) is 27.7 Å². The molecule has 0 unspecified atom stereocenters. The minimum absolute atomic E-state index is 0.132. The Bertz CT molecular complexity index is 1790. The zero-order valence-electron chi connectivity index (χ0n) is 28.4. The lowest BCUT2D eigenvalue weighted by atomic mass is 9.96. The lowest BCUT2D eigenvalue weighted by Gasteiger charge is -2.27. The van der Waals surface area contributed by atoms with Crippen molar-refractivity contribution >= 4 is 29.4 Å². The van der Waals surface area contributed by atoms with Crippen LogP contribution in [0.3, 0.4) is 0 Å². The van der Waals surface area contributed by atoms with E-state index >= 15 is 0 Å².